The Balaban J connectivity index is 2.43. The third-order valence-corrected chi connectivity index (χ3v) is 4.68. The van der Waals surface area contributed by atoms with Gasteiger partial charge in [0, 0.05) is 0 Å². The van der Waals surface area contributed by atoms with Crippen molar-refractivity contribution in [3.8, 4) is 0 Å². The second kappa shape index (κ2) is 7.33. The van der Waals surface area contributed by atoms with E-state index in [2.05, 4.69) is 34.6 Å². The van der Waals surface area contributed by atoms with Gasteiger partial charge in [-0.05, 0) is 28.4 Å². The average Bonchev–Trinajstić information content (AvgIpc) is 2.51. The molecule has 1 saturated heterocycles. The van der Waals surface area contributed by atoms with Crippen molar-refractivity contribution in [3.05, 3.63) is 41.5 Å². The average molecular weight is 351 g/mol. The molecule has 0 saturated carbocycles. The van der Waals surface area contributed by atoms with Crippen molar-refractivity contribution in [1.82, 2.24) is 0 Å². The Labute approximate surface area is 150 Å². The molecule has 1 aromatic rings. The molecule has 0 aliphatic carbocycles. The lowest BCUT2D eigenvalue weighted by Gasteiger charge is -2.42. The minimum Gasteiger partial charge on any atom is -0.394 e. The Morgan fingerprint density at radius 3 is 2.12 bits per heavy atom. The van der Waals surface area contributed by atoms with Gasteiger partial charge in [-0.2, -0.15) is 0 Å². The molecule has 1 fully saturated rings. The number of aliphatic hydroxyl groups excluding tert-OH is 4. The molecule has 141 valence electrons. The summed E-state index contributed by atoms with van der Waals surface area (Å²) >= 11 is 0. The molecule has 1 radical (unpaired) electrons. The van der Waals surface area contributed by atoms with Crippen LogP contribution < -0.4 is 0 Å². The minimum absolute atomic E-state index is 0.108. The lowest BCUT2D eigenvalue weighted by Crippen LogP contribution is -2.55. The summed E-state index contributed by atoms with van der Waals surface area (Å²) in [5, 5.41) is 40.0. The lowest BCUT2D eigenvalue weighted by atomic mass is 9.70. The summed E-state index contributed by atoms with van der Waals surface area (Å²) < 4.78 is 5.69. The van der Waals surface area contributed by atoms with Crippen molar-refractivity contribution >= 4 is 0 Å². The number of hydrogen-bond acceptors (Lipinski definition) is 5. The highest BCUT2D eigenvalue weighted by Gasteiger charge is 2.46. The molecule has 4 N–H and O–H groups in total. The van der Waals surface area contributed by atoms with Gasteiger partial charge >= 0.3 is 0 Å². The summed E-state index contributed by atoms with van der Waals surface area (Å²) in [5.41, 5.74) is 1.62. The molecule has 1 heterocycles. The molecular formula is C20H31O5. The third kappa shape index (κ3) is 4.41. The van der Waals surface area contributed by atoms with Gasteiger partial charge in [-0.15, -0.1) is 0 Å². The molecule has 2 rings (SSSR count). The van der Waals surface area contributed by atoms with E-state index in [-0.39, 0.29) is 16.9 Å². The first-order chi connectivity index (χ1) is 11.5. The van der Waals surface area contributed by atoms with Crippen LogP contribution in [0.5, 0.6) is 0 Å². The van der Waals surface area contributed by atoms with Crippen LogP contribution >= 0.6 is 0 Å². The van der Waals surface area contributed by atoms with Crippen LogP contribution in [0.25, 0.3) is 0 Å². The van der Waals surface area contributed by atoms with Crippen molar-refractivity contribution in [3.63, 3.8) is 0 Å². The SMILES string of the molecule is CC(C)(C)CC(C)(C)c1ccccc1[C]1O[C@H](CO)[C@@H](O)[C@H](O)[C@H]1O. The summed E-state index contributed by atoms with van der Waals surface area (Å²) in [5.74, 6) is 0. The van der Waals surface area contributed by atoms with E-state index in [9.17, 15) is 20.4 Å². The molecule has 1 aliphatic rings. The Kier molecular flexibility index (Phi) is 5.96. The van der Waals surface area contributed by atoms with E-state index in [1.807, 2.05) is 24.3 Å². The number of benzene rings is 1. The molecule has 0 bridgehead atoms. The molecular weight excluding hydrogens is 320 g/mol. The van der Waals surface area contributed by atoms with E-state index >= 15 is 0 Å². The molecule has 25 heavy (non-hydrogen) atoms. The molecule has 4 atom stereocenters. The predicted molar refractivity (Wildman–Crippen MR) is 95.9 cm³/mol. The molecule has 0 aromatic heterocycles. The van der Waals surface area contributed by atoms with Gasteiger partial charge in [0.25, 0.3) is 0 Å². The molecule has 5 nitrogen and oxygen atoms in total. The zero-order chi connectivity index (χ0) is 19.0. The normalized spacial score (nSPS) is 29.0. The Bertz CT molecular complexity index is 576. The first-order valence-corrected chi connectivity index (χ1v) is 8.76. The fraction of sp³-hybridized carbons (Fsp3) is 0.650. The molecule has 0 spiro atoms. The molecule has 0 unspecified atom stereocenters. The van der Waals surface area contributed by atoms with Gasteiger partial charge in [-0.1, -0.05) is 58.9 Å². The Morgan fingerprint density at radius 2 is 1.56 bits per heavy atom. The van der Waals surface area contributed by atoms with Crippen LogP contribution in [-0.2, 0) is 10.2 Å². The second-order valence-corrected chi connectivity index (χ2v) is 8.80. The van der Waals surface area contributed by atoms with Gasteiger partial charge < -0.3 is 25.2 Å². The van der Waals surface area contributed by atoms with Gasteiger partial charge in [-0.3, -0.25) is 0 Å². The quantitative estimate of drug-likeness (QED) is 0.664. The second-order valence-electron chi connectivity index (χ2n) is 8.80. The zero-order valence-electron chi connectivity index (χ0n) is 15.7. The molecule has 0 amide bonds. The van der Waals surface area contributed by atoms with Gasteiger partial charge in [0.2, 0.25) is 0 Å². The Hall–Kier alpha value is -0.980. The molecule has 1 aromatic carbocycles. The first-order valence-electron chi connectivity index (χ1n) is 8.76. The maximum Gasteiger partial charge on any atom is 0.158 e. The van der Waals surface area contributed by atoms with Crippen LogP contribution in [0.3, 0.4) is 0 Å². The monoisotopic (exact) mass is 351 g/mol. The van der Waals surface area contributed by atoms with Crippen molar-refractivity contribution in [1.29, 1.82) is 0 Å². The van der Waals surface area contributed by atoms with E-state index < -0.39 is 31.0 Å². The lowest BCUT2D eigenvalue weighted by molar-refractivity contribution is -0.184. The van der Waals surface area contributed by atoms with E-state index in [1.54, 1.807) is 0 Å². The van der Waals surface area contributed by atoms with Gasteiger partial charge in [0.05, 0.1) is 6.61 Å². The summed E-state index contributed by atoms with van der Waals surface area (Å²) in [6, 6.07) is 7.63. The van der Waals surface area contributed by atoms with Crippen molar-refractivity contribution in [2.24, 2.45) is 5.41 Å². The Morgan fingerprint density at radius 1 is 0.960 bits per heavy atom. The van der Waals surface area contributed by atoms with Crippen LogP contribution in [0.1, 0.15) is 52.2 Å². The summed E-state index contributed by atoms with van der Waals surface area (Å²) in [6.07, 6.45) is -3.93. The topological polar surface area (TPSA) is 90.2 Å². The fourth-order valence-electron chi connectivity index (χ4n) is 3.94. The standard InChI is InChI=1S/C20H31O5/c1-19(2,3)11-20(4,5)13-9-7-6-8-12(13)18-17(24)16(23)15(22)14(10-21)25-18/h6-9,14-17,21-24H,10-11H2,1-5H3/t14-,15-,16+,17-/m1/s1. The van der Waals surface area contributed by atoms with Crippen molar-refractivity contribution in [2.45, 2.75) is 70.9 Å². The van der Waals surface area contributed by atoms with Gasteiger partial charge in [0.1, 0.15) is 24.4 Å². The largest absolute Gasteiger partial charge is 0.394 e. The number of hydrogen-bond donors (Lipinski definition) is 4. The maximum absolute atomic E-state index is 10.4. The van der Waals surface area contributed by atoms with Crippen molar-refractivity contribution < 1.29 is 25.2 Å². The van der Waals surface area contributed by atoms with Crippen LogP contribution in [0, 0.1) is 11.5 Å². The van der Waals surface area contributed by atoms with Gasteiger partial charge in [-0.25, -0.2) is 0 Å². The van der Waals surface area contributed by atoms with E-state index in [0.29, 0.717) is 5.56 Å². The maximum atomic E-state index is 10.4. The van der Waals surface area contributed by atoms with Crippen LogP contribution in [-0.4, -0.2) is 51.4 Å². The van der Waals surface area contributed by atoms with E-state index in [4.69, 9.17) is 4.74 Å². The number of rotatable bonds is 4. The van der Waals surface area contributed by atoms with Crippen LogP contribution in [0.2, 0.25) is 0 Å². The highest BCUT2D eigenvalue weighted by molar-refractivity contribution is 5.43. The molecule has 5 heteroatoms. The number of ether oxygens (including phenoxy) is 1. The molecule has 1 aliphatic heterocycles. The zero-order valence-corrected chi connectivity index (χ0v) is 15.7. The number of aliphatic hydroxyl groups is 4. The minimum atomic E-state index is -1.40. The van der Waals surface area contributed by atoms with Crippen molar-refractivity contribution in [2.75, 3.05) is 6.61 Å². The summed E-state index contributed by atoms with van der Waals surface area (Å²) in [6.45, 7) is 10.4. The highest BCUT2D eigenvalue weighted by atomic mass is 16.5. The predicted octanol–water partition coefficient (Wildman–Crippen LogP) is 1.75. The summed E-state index contributed by atoms with van der Waals surface area (Å²) in [7, 11) is 0. The third-order valence-electron chi connectivity index (χ3n) is 4.68. The van der Waals surface area contributed by atoms with Gasteiger partial charge in [0.15, 0.2) is 6.10 Å². The fourth-order valence-corrected chi connectivity index (χ4v) is 3.94. The first kappa shape index (κ1) is 20.3. The van der Waals surface area contributed by atoms with Crippen LogP contribution in [0.15, 0.2) is 24.3 Å². The smallest absolute Gasteiger partial charge is 0.158 e. The summed E-state index contributed by atoms with van der Waals surface area (Å²) in [4.78, 5) is 0. The van der Waals surface area contributed by atoms with E-state index in [0.717, 1.165) is 12.0 Å². The highest BCUT2D eigenvalue weighted by Crippen LogP contribution is 2.41. The van der Waals surface area contributed by atoms with E-state index in [1.165, 1.54) is 0 Å². The van der Waals surface area contributed by atoms with Crippen LogP contribution in [0.4, 0.5) is 0 Å².